The molecule has 0 saturated carbocycles. The van der Waals surface area contributed by atoms with Crippen molar-refractivity contribution in [3.63, 3.8) is 0 Å². The zero-order valence-corrected chi connectivity index (χ0v) is 14.2. The van der Waals surface area contributed by atoms with Crippen LogP contribution in [0.3, 0.4) is 0 Å². The number of phenols is 1. The van der Waals surface area contributed by atoms with Crippen molar-refractivity contribution in [3.8, 4) is 11.5 Å². The van der Waals surface area contributed by atoms with Crippen molar-refractivity contribution in [1.82, 2.24) is 10.2 Å². The molecule has 1 fully saturated rings. The Hall–Kier alpha value is -1.95. The van der Waals surface area contributed by atoms with Crippen molar-refractivity contribution in [2.45, 2.75) is 19.9 Å². The summed E-state index contributed by atoms with van der Waals surface area (Å²) in [6.07, 6.45) is 1.11. The van der Waals surface area contributed by atoms with Crippen LogP contribution in [0.2, 0.25) is 0 Å². The molecule has 128 valence electrons. The van der Waals surface area contributed by atoms with E-state index in [1.165, 1.54) is 7.11 Å². The van der Waals surface area contributed by atoms with E-state index >= 15 is 0 Å². The third kappa shape index (κ3) is 5.03. The highest BCUT2D eigenvalue weighted by molar-refractivity contribution is 5.79. The minimum absolute atomic E-state index is 0.140. The minimum Gasteiger partial charge on any atom is -0.504 e. The minimum atomic E-state index is 0.140. The molecule has 1 aromatic rings. The van der Waals surface area contributed by atoms with E-state index in [9.17, 15) is 5.11 Å². The Morgan fingerprint density at radius 2 is 2.35 bits per heavy atom. The van der Waals surface area contributed by atoms with Gasteiger partial charge in [0.25, 0.3) is 0 Å². The molecule has 1 atom stereocenters. The second-order valence-corrected chi connectivity index (χ2v) is 5.79. The third-order valence-electron chi connectivity index (χ3n) is 3.91. The molecule has 1 aliphatic rings. The van der Waals surface area contributed by atoms with Gasteiger partial charge >= 0.3 is 0 Å². The lowest BCUT2D eigenvalue weighted by atomic mass is 10.1. The standard InChI is InChI=1S/C17H27N3O3/c1-4-18-17(20(2)11-14-7-8-23-12-14)19-10-13-5-6-16(22-3)15(21)9-13/h5-6,9,14,21H,4,7-8,10-12H2,1-3H3,(H,18,19). The predicted octanol–water partition coefficient (Wildman–Crippen LogP) is 1.83. The smallest absolute Gasteiger partial charge is 0.193 e. The Bertz CT molecular complexity index is 528. The molecule has 1 aromatic carbocycles. The Morgan fingerprint density at radius 3 is 2.96 bits per heavy atom. The van der Waals surface area contributed by atoms with Crippen LogP contribution in [-0.4, -0.2) is 56.4 Å². The first-order chi connectivity index (χ1) is 11.1. The molecule has 0 amide bonds. The number of aliphatic imine (C=N–C) groups is 1. The number of aromatic hydroxyl groups is 1. The molecule has 0 radical (unpaired) electrons. The van der Waals surface area contributed by atoms with Gasteiger partial charge in [-0.05, 0) is 31.0 Å². The summed E-state index contributed by atoms with van der Waals surface area (Å²) in [5, 5.41) is 13.2. The van der Waals surface area contributed by atoms with E-state index in [1.54, 1.807) is 12.1 Å². The van der Waals surface area contributed by atoms with Crippen molar-refractivity contribution < 1.29 is 14.6 Å². The van der Waals surface area contributed by atoms with Crippen LogP contribution in [0.4, 0.5) is 0 Å². The number of nitrogens with one attached hydrogen (secondary N) is 1. The van der Waals surface area contributed by atoms with Crippen molar-refractivity contribution in [2.24, 2.45) is 10.9 Å². The quantitative estimate of drug-likeness (QED) is 0.618. The largest absolute Gasteiger partial charge is 0.504 e. The van der Waals surface area contributed by atoms with Crippen molar-refractivity contribution in [3.05, 3.63) is 23.8 Å². The van der Waals surface area contributed by atoms with Gasteiger partial charge in [-0.2, -0.15) is 0 Å². The highest BCUT2D eigenvalue weighted by Crippen LogP contribution is 2.26. The van der Waals surface area contributed by atoms with E-state index in [-0.39, 0.29) is 5.75 Å². The zero-order valence-electron chi connectivity index (χ0n) is 14.2. The number of phenolic OH excluding ortho intramolecular Hbond substituents is 1. The number of nitrogens with zero attached hydrogens (tertiary/aromatic N) is 2. The average Bonchev–Trinajstić information content (AvgIpc) is 3.04. The van der Waals surface area contributed by atoms with Crippen LogP contribution in [-0.2, 0) is 11.3 Å². The second kappa shape index (κ2) is 8.62. The SMILES string of the molecule is CCNC(=NCc1ccc(OC)c(O)c1)N(C)CC1CCOC1. The molecule has 23 heavy (non-hydrogen) atoms. The van der Waals surface area contributed by atoms with Gasteiger partial charge in [-0.1, -0.05) is 6.07 Å². The normalized spacial score (nSPS) is 18.0. The van der Waals surface area contributed by atoms with Gasteiger partial charge in [0, 0.05) is 32.7 Å². The highest BCUT2D eigenvalue weighted by Gasteiger charge is 2.19. The fourth-order valence-corrected chi connectivity index (χ4v) is 2.67. The van der Waals surface area contributed by atoms with E-state index in [0.29, 0.717) is 18.2 Å². The van der Waals surface area contributed by atoms with E-state index in [0.717, 1.165) is 44.2 Å². The number of benzene rings is 1. The van der Waals surface area contributed by atoms with Crippen LogP contribution >= 0.6 is 0 Å². The van der Waals surface area contributed by atoms with Crippen LogP contribution in [0.5, 0.6) is 11.5 Å². The fourth-order valence-electron chi connectivity index (χ4n) is 2.67. The number of hydrogen-bond donors (Lipinski definition) is 2. The predicted molar refractivity (Wildman–Crippen MR) is 91.0 cm³/mol. The maximum absolute atomic E-state index is 9.85. The van der Waals surface area contributed by atoms with Gasteiger partial charge in [-0.25, -0.2) is 4.99 Å². The van der Waals surface area contributed by atoms with E-state index in [2.05, 4.69) is 22.1 Å². The Kier molecular flexibility index (Phi) is 6.52. The lowest BCUT2D eigenvalue weighted by Crippen LogP contribution is -2.41. The summed E-state index contributed by atoms with van der Waals surface area (Å²) in [6.45, 7) is 6.00. The van der Waals surface area contributed by atoms with E-state index in [4.69, 9.17) is 9.47 Å². The molecule has 1 heterocycles. The summed E-state index contributed by atoms with van der Waals surface area (Å²) in [7, 11) is 3.59. The van der Waals surface area contributed by atoms with Crippen molar-refractivity contribution in [1.29, 1.82) is 0 Å². The summed E-state index contributed by atoms with van der Waals surface area (Å²) in [6, 6.07) is 5.36. The van der Waals surface area contributed by atoms with E-state index < -0.39 is 0 Å². The summed E-state index contributed by atoms with van der Waals surface area (Å²) < 4.78 is 10.5. The number of hydrogen-bond acceptors (Lipinski definition) is 4. The molecule has 6 nitrogen and oxygen atoms in total. The first kappa shape index (κ1) is 17.4. The summed E-state index contributed by atoms with van der Waals surface area (Å²) in [5.41, 5.74) is 0.941. The monoisotopic (exact) mass is 321 g/mol. The lowest BCUT2D eigenvalue weighted by Gasteiger charge is -2.24. The van der Waals surface area contributed by atoms with E-state index in [1.807, 2.05) is 13.1 Å². The van der Waals surface area contributed by atoms with Crippen molar-refractivity contribution in [2.75, 3.05) is 40.5 Å². The Labute approximate surface area is 138 Å². The number of ether oxygens (including phenoxy) is 2. The maximum Gasteiger partial charge on any atom is 0.193 e. The molecule has 2 N–H and O–H groups in total. The number of rotatable bonds is 6. The lowest BCUT2D eigenvalue weighted by molar-refractivity contribution is 0.181. The van der Waals surface area contributed by atoms with Crippen LogP contribution in [0.15, 0.2) is 23.2 Å². The molecule has 0 aliphatic carbocycles. The van der Waals surface area contributed by atoms with Gasteiger partial charge < -0.3 is 24.8 Å². The fraction of sp³-hybridized carbons (Fsp3) is 0.588. The first-order valence-electron chi connectivity index (χ1n) is 8.07. The van der Waals surface area contributed by atoms with Gasteiger partial charge in [-0.15, -0.1) is 0 Å². The summed E-state index contributed by atoms with van der Waals surface area (Å²) >= 11 is 0. The average molecular weight is 321 g/mol. The third-order valence-corrected chi connectivity index (χ3v) is 3.91. The van der Waals surface area contributed by atoms with Crippen LogP contribution in [0, 0.1) is 5.92 Å². The van der Waals surface area contributed by atoms with Gasteiger partial charge in [0.15, 0.2) is 17.5 Å². The van der Waals surface area contributed by atoms with Crippen LogP contribution in [0.25, 0.3) is 0 Å². The summed E-state index contributed by atoms with van der Waals surface area (Å²) in [5.74, 6) is 2.05. The number of methoxy groups -OCH3 is 1. The molecular weight excluding hydrogens is 294 g/mol. The second-order valence-electron chi connectivity index (χ2n) is 5.79. The molecule has 0 bridgehead atoms. The summed E-state index contributed by atoms with van der Waals surface area (Å²) in [4.78, 5) is 6.81. The van der Waals surface area contributed by atoms with Crippen LogP contribution < -0.4 is 10.1 Å². The molecule has 1 saturated heterocycles. The van der Waals surface area contributed by atoms with Gasteiger partial charge in [0.2, 0.25) is 0 Å². The molecule has 2 rings (SSSR count). The van der Waals surface area contributed by atoms with Gasteiger partial charge in [0.1, 0.15) is 0 Å². The maximum atomic E-state index is 9.85. The van der Waals surface area contributed by atoms with Crippen LogP contribution in [0.1, 0.15) is 18.9 Å². The number of guanidine groups is 1. The Balaban J connectivity index is 2.00. The highest BCUT2D eigenvalue weighted by atomic mass is 16.5. The van der Waals surface area contributed by atoms with Gasteiger partial charge in [-0.3, -0.25) is 0 Å². The molecule has 0 spiro atoms. The van der Waals surface area contributed by atoms with Gasteiger partial charge in [0.05, 0.1) is 20.3 Å². The first-order valence-corrected chi connectivity index (χ1v) is 8.07. The molecule has 6 heteroatoms. The zero-order chi connectivity index (χ0) is 16.7. The molecule has 1 aliphatic heterocycles. The molecule has 1 unspecified atom stereocenters. The Morgan fingerprint density at radius 1 is 1.52 bits per heavy atom. The molecule has 0 aromatic heterocycles. The molecular formula is C17H27N3O3. The topological polar surface area (TPSA) is 66.3 Å². The van der Waals surface area contributed by atoms with Crippen molar-refractivity contribution >= 4 is 5.96 Å².